The summed E-state index contributed by atoms with van der Waals surface area (Å²) in [7, 11) is 0. The molecular weight excluding hydrogens is 165 g/mol. The molecule has 0 radical (unpaired) electrons. The third-order valence-corrected chi connectivity index (χ3v) is 3.13. The van der Waals surface area contributed by atoms with Crippen LogP contribution in [0.4, 0.5) is 13.2 Å². The highest BCUT2D eigenvalue weighted by Crippen LogP contribution is 2.43. The zero-order chi connectivity index (χ0) is 9.35. The summed E-state index contributed by atoms with van der Waals surface area (Å²) < 4.78 is 37.1. The van der Waals surface area contributed by atoms with Gasteiger partial charge in [0, 0.05) is 0 Å². The van der Waals surface area contributed by atoms with Gasteiger partial charge in [-0.15, -0.1) is 0 Å². The van der Waals surface area contributed by atoms with E-state index < -0.39 is 12.1 Å². The van der Waals surface area contributed by atoms with Gasteiger partial charge in [0.25, 0.3) is 0 Å². The van der Waals surface area contributed by atoms with Crippen LogP contribution in [0.3, 0.4) is 0 Å². The average molecular weight is 180 g/mol. The summed E-state index contributed by atoms with van der Waals surface area (Å²) >= 11 is 0. The summed E-state index contributed by atoms with van der Waals surface area (Å²) in [4.78, 5) is 0. The molecule has 0 nitrogen and oxygen atoms in total. The maximum absolute atomic E-state index is 12.4. The van der Waals surface area contributed by atoms with Gasteiger partial charge in [0.1, 0.15) is 0 Å². The molecule has 3 atom stereocenters. The van der Waals surface area contributed by atoms with Crippen LogP contribution >= 0.6 is 0 Å². The van der Waals surface area contributed by atoms with Crippen LogP contribution < -0.4 is 0 Å². The van der Waals surface area contributed by atoms with E-state index in [0.29, 0.717) is 6.42 Å². The van der Waals surface area contributed by atoms with Crippen LogP contribution in [0.5, 0.6) is 0 Å². The Bertz CT molecular complexity index is 150. The van der Waals surface area contributed by atoms with E-state index in [9.17, 15) is 13.2 Å². The van der Waals surface area contributed by atoms with E-state index in [2.05, 4.69) is 0 Å². The van der Waals surface area contributed by atoms with Crippen molar-refractivity contribution in [3.63, 3.8) is 0 Å². The molecule has 12 heavy (non-hydrogen) atoms. The largest absolute Gasteiger partial charge is 0.392 e. The van der Waals surface area contributed by atoms with Crippen molar-refractivity contribution in [1.29, 1.82) is 0 Å². The molecule has 2 unspecified atom stereocenters. The summed E-state index contributed by atoms with van der Waals surface area (Å²) in [6.07, 6.45) is -1.97. The maximum Gasteiger partial charge on any atom is 0.392 e. The second-order valence-electron chi connectivity index (χ2n) is 3.92. The van der Waals surface area contributed by atoms with Gasteiger partial charge in [0.05, 0.1) is 5.92 Å². The van der Waals surface area contributed by atoms with Gasteiger partial charge in [0.2, 0.25) is 0 Å². The zero-order valence-corrected chi connectivity index (χ0v) is 7.49. The molecular formula is C9H15F3. The van der Waals surface area contributed by atoms with Crippen LogP contribution in [0.25, 0.3) is 0 Å². The van der Waals surface area contributed by atoms with Crippen LogP contribution in [0.15, 0.2) is 0 Å². The highest BCUT2D eigenvalue weighted by Gasteiger charge is 2.45. The van der Waals surface area contributed by atoms with Crippen molar-refractivity contribution in [2.24, 2.45) is 17.8 Å². The fraction of sp³-hybridized carbons (Fsp3) is 1.00. The monoisotopic (exact) mass is 180 g/mol. The molecule has 1 aliphatic carbocycles. The third-order valence-electron chi connectivity index (χ3n) is 3.13. The molecule has 3 heteroatoms. The first-order valence-corrected chi connectivity index (χ1v) is 4.49. The molecule has 1 aliphatic rings. The standard InChI is InChI=1S/C9H15F3/c1-6-4-3-5-8(7(6)2)9(10,11)12/h6-8H,3-5H2,1-2H3/t6-,7?,8?/m0/s1. The molecule has 1 rings (SSSR count). The molecule has 0 aliphatic heterocycles. The lowest BCUT2D eigenvalue weighted by atomic mass is 9.73. The number of hydrogen-bond donors (Lipinski definition) is 0. The van der Waals surface area contributed by atoms with E-state index in [0.717, 1.165) is 12.8 Å². The molecule has 0 heterocycles. The first-order valence-electron chi connectivity index (χ1n) is 4.49. The normalized spacial score (nSPS) is 38.2. The minimum atomic E-state index is -3.98. The van der Waals surface area contributed by atoms with Crippen molar-refractivity contribution < 1.29 is 13.2 Å². The molecule has 0 N–H and O–H groups in total. The zero-order valence-electron chi connectivity index (χ0n) is 7.49. The van der Waals surface area contributed by atoms with Gasteiger partial charge in [0.15, 0.2) is 0 Å². The van der Waals surface area contributed by atoms with Crippen LogP contribution in [-0.2, 0) is 0 Å². The van der Waals surface area contributed by atoms with E-state index >= 15 is 0 Å². The number of halogens is 3. The van der Waals surface area contributed by atoms with Gasteiger partial charge >= 0.3 is 6.18 Å². The first kappa shape index (κ1) is 9.87. The lowest BCUT2D eigenvalue weighted by Gasteiger charge is -2.35. The Morgan fingerprint density at radius 3 is 2.08 bits per heavy atom. The predicted octanol–water partition coefficient (Wildman–Crippen LogP) is 3.62. The molecule has 1 saturated carbocycles. The molecule has 0 saturated heterocycles. The fourth-order valence-electron chi connectivity index (χ4n) is 2.04. The summed E-state index contributed by atoms with van der Waals surface area (Å²) in [6, 6.07) is 0. The summed E-state index contributed by atoms with van der Waals surface area (Å²) in [5.74, 6) is -1.02. The van der Waals surface area contributed by atoms with E-state index in [1.807, 2.05) is 6.92 Å². The van der Waals surface area contributed by atoms with E-state index in [4.69, 9.17) is 0 Å². The van der Waals surface area contributed by atoms with Crippen LogP contribution in [0.1, 0.15) is 33.1 Å². The Labute approximate surface area is 71.1 Å². The summed E-state index contributed by atoms with van der Waals surface area (Å²) in [6.45, 7) is 3.64. The predicted molar refractivity (Wildman–Crippen MR) is 41.7 cm³/mol. The van der Waals surface area contributed by atoms with Gasteiger partial charge in [-0.25, -0.2) is 0 Å². The van der Waals surface area contributed by atoms with E-state index in [1.165, 1.54) is 0 Å². The van der Waals surface area contributed by atoms with Crippen molar-refractivity contribution in [3.8, 4) is 0 Å². The number of rotatable bonds is 0. The van der Waals surface area contributed by atoms with Crippen LogP contribution in [0, 0.1) is 17.8 Å². The molecule has 0 spiro atoms. The average Bonchev–Trinajstić information content (AvgIpc) is 1.92. The Balaban J connectivity index is 2.64. The Morgan fingerprint density at radius 2 is 1.67 bits per heavy atom. The first-order chi connectivity index (χ1) is 5.43. The molecule has 72 valence electrons. The van der Waals surface area contributed by atoms with Crippen molar-refractivity contribution in [2.45, 2.75) is 39.3 Å². The quantitative estimate of drug-likeness (QED) is 0.534. The van der Waals surface area contributed by atoms with Crippen LogP contribution in [0.2, 0.25) is 0 Å². The second-order valence-corrected chi connectivity index (χ2v) is 3.92. The highest BCUT2D eigenvalue weighted by atomic mass is 19.4. The minimum Gasteiger partial charge on any atom is -0.171 e. The summed E-state index contributed by atoms with van der Waals surface area (Å²) in [5, 5.41) is 0. The van der Waals surface area contributed by atoms with Gasteiger partial charge in [-0.1, -0.05) is 26.7 Å². The minimum absolute atomic E-state index is 0.196. The highest BCUT2D eigenvalue weighted by molar-refractivity contribution is 4.81. The third kappa shape index (κ3) is 1.93. The molecule has 0 aromatic rings. The lowest BCUT2D eigenvalue weighted by Crippen LogP contribution is -2.35. The lowest BCUT2D eigenvalue weighted by molar-refractivity contribution is -0.199. The number of alkyl halides is 3. The van der Waals surface area contributed by atoms with Gasteiger partial charge < -0.3 is 0 Å². The topological polar surface area (TPSA) is 0 Å². The smallest absolute Gasteiger partial charge is 0.171 e. The van der Waals surface area contributed by atoms with Gasteiger partial charge in [-0.2, -0.15) is 13.2 Å². The van der Waals surface area contributed by atoms with E-state index in [-0.39, 0.29) is 11.8 Å². The Kier molecular flexibility index (Phi) is 2.69. The molecule has 0 bridgehead atoms. The van der Waals surface area contributed by atoms with Gasteiger partial charge in [-0.05, 0) is 18.3 Å². The van der Waals surface area contributed by atoms with Crippen molar-refractivity contribution in [2.75, 3.05) is 0 Å². The van der Waals surface area contributed by atoms with Crippen LogP contribution in [-0.4, -0.2) is 6.18 Å². The SMILES string of the molecule is CC1C(C(F)(F)F)CCC[C@@H]1C. The molecule has 0 aromatic heterocycles. The van der Waals surface area contributed by atoms with Crippen molar-refractivity contribution in [3.05, 3.63) is 0 Å². The van der Waals surface area contributed by atoms with Crippen molar-refractivity contribution >= 4 is 0 Å². The number of hydrogen-bond acceptors (Lipinski definition) is 0. The second kappa shape index (κ2) is 3.27. The Morgan fingerprint density at radius 1 is 1.08 bits per heavy atom. The Hall–Kier alpha value is -0.210. The van der Waals surface area contributed by atoms with Crippen molar-refractivity contribution in [1.82, 2.24) is 0 Å². The van der Waals surface area contributed by atoms with Gasteiger partial charge in [-0.3, -0.25) is 0 Å². The molecule has 0 amide bonds. The molecule has 1 fully saturated rings. The molecule has 0 aromatic carbocycles. The fourth-order valence-corrected chi connectivity index (χ4v) is 2.04. The summed E-state index contributed by atoms with van der Waals surface area (Å²) in [5.41, 5.74) is 0. The van der Waals surface area contributed by atoms with E-state index in [1.54, 1.807) is 6.92 Å². The maximum atomic E-state index is 12.4.